The molecule has 3 aliphatic heterocycles. The molecule has 140 valence electrons. The molecule has 27 heavy (non-hydrogen) atoms. The second-order valence-corrected chi connectivity index (χ2v) is 6.53. The lowest BCUT2D eigenvalue weighted by molar-refractivity contribution is -0.123. The van der Waals surface area contributed by atoms with Gasteiger partial charge in [0, 0.05) is 5.57 Å². The van der Waals surface area contributed by atoms with E-state index in [1.807, 2.05) is 36.4 Å². The summed E-state index contributed by atoms with van der Waals surface area (Å²) < 4.78 is 4.87. The van der Waals surface area contributed by atoms with Crippen molar-refractivity contribution in [1.29, 1.82) is 0 Å². The predicted molar refractivity (Wildman–Crippen MR) is 98.4 cm³/mol. The Balaban J connectivity index is 1.73. The first kappa shape index (κ1) is 16.9. The van der Waals surface area contributed by atoms with Gasteiger partial charge in [0.1, 0.15) is 18.7 Å². The number of carbonyl (C=O) groups is 2. The lowest BCUT2D eigenvalue weighted by atomic mass is 9.89. The van der Waals surface area contributed by atoms with Crippen LogP contribution in [0.2, 0.25) is 0 Å². The van der Waals surface area contributed by atoms with E-state index in [1.54, 1.807) is 4.90 Å². The molecule has 0 radical (unpaired) electrons. The van der Waals surface area contributed by atoms with E-state index < -0.39 is 23.8 Å². The molecule has 1 spiro atoms. The van der Waals surface area contributed by atoms with Crippen molar-refractivity contribution in [3.8, 4) is 0 Å². The van der Waals surface area contributed by atoms with Gasteiger partial charge in [0.05, 0.1) is 6.54 Å². The molecule has 1 aromatic carbocycles. The minimum atomic E-state index is -1.28. The first-order valence-electron chi connectivity index (χ1n) is 8.37. The number of nitrogens with zero attached hydrogens (tertiary/aromatic N) is 3. The Morgan fingerprint density at radius 3 is 2.78 bits per heavy atom. The molecular weight excluding hydrogens is 350 g/mol. The van der Waals surface area contributed by atoms with E-state index in [0.29, 0.717) is 5.57 Å². The number of guanidine groups is 2. The monoisotopic (exact) mass is 369 g/mol. The Hall–Kier alpha value is -3.56. The molecule has 10 nitrogen and oxygen atoms in total. The summed E-state index contributed by atoms with van der Waals surface area (Å²) in [6.07, 6.45) is 0.871. The van der Waals surface area contributed by atoms with Crippen LogP contribution in [0.1, 0.15) is 5.56 Å². The van der Waals surface area contributed by atoms with Gasteiger partial charge in [-0.15, -0.1) is 0 Å². The van der Waals surface area contributed by atoms with Gasteiger partial charge >= 0.3 is 6.09 Å². The van der Waals surface area contributed by atoms with E-state index in [-0.39, 0.29) is 30.9 Å². The van der Waals surface area contributed by atoms with Crippen molar-refractivity contribution >= 4 is 29.9 Å². The van der Waals surface area contributed by atoms with Crippen LogP contribution in [-0.2, 0) is 9.53 Å². The van der Waals surface area contributed by atoms with Crippen LogP contribution in [0.5, 0.6) is 0 Å². The molecule has 3 atom stereocenters. The number of amides is 1. The minimum absolute atomic E-state index is 0.105. The molecule has 0 aliphatic carbocycles. The SMILES string of the molecule is NC(=O)OC[C@@H]1N=C(N)N2C/C(=C/c3ccccc3)C(=O)[C@@]23NC(N)=N[C@@H]13. The van der Waals surface area contributed by atoms with Crippen LogP contribution in [0.15, 0.2) is 45.9 Å². The van der Waals surface area contributed by atoms with Gasteiger partial charge in [-0.2, -0.15) is 0 Å². The van der Waals surface area contributed by atoms with E-state index >= 15 is 0 Å². The van der Waals surface area contributed by atoms with Crippen LogP contribution in [-0.4, -0.2) is 59.6 Å². The number of aliphatic imine (C=N–C) groups is 2. The molecule has 0 saturated carbocycles. The largest absolute Gasteiger partial charge is 0.447 e. The number of benzene rings is 1. The van der Waals surface area contributed by atoms with Crippen molar-refractivity contribution in [3.05, 3.63) is 41.5 Å². The Labute approximate surface area is 154 Å². The summed E-state index contributed by atoms with van der Waals surface area (Å²) in [7, 11) is 0. The number of carbonyl (C=O) groups excluding carboxylic acids is 2. The number of Topliss-reactive ketones (excluding diaryl/α,β-unsaturated/α-hetero) is 1. The molecule has 0 unspecified atom stereocenters. The Kier molecular flexibility index (Phi) is 3.76. The number of rotatable bonds is 3. The maximum absolute atomic E-state index is 13.4. The fraction of sp³-hybridized carbons (Fsp3) is 0.294. The first-order valence-corrected chi connectivity index (χ1v) is 8.37. The van der Waals surface area contributed by atoms with E-state index in [4.69, 9.17) is 21.9 Å². The standard InChI is InChI=1S/C17H19N7O3/c18-14-22-12-11(8-27-16(20)26)21-15(19)24-7-10(13(25)17(12,24)23-14)6-9-4-2-1-3-5-9/h1-6,11-12H,7-8H2,(H2,19,21)(H2,20,26)(H3,18,22,23)/b10-6-/t11-,12-,17-/m0/s1. The third kappa shape index (κ3) is 2.57. The zero-order chi connectivity index (χ0) is 19.2. The molecule has 3 heterocycles. The number of ether oxygens (including phenoxy) is 1. The van der Waals surface area contributed by atoms with Gasteiger partial charge in [-0.05, 0) is 11.6 Å². The number of hydrogen-bond donors (Lipinski definition) is 4. The molecule has 10 heteroatoms. The van der Waals surface area contributed by atoms with E-state index in [2.05, 4.69) is 15.3 Å². The number of nitrogens with two attached hydrogens (primary N) is 3. The second kappa shape index (κ2) is 6.01. The zero-order valence-electron chi connectivity index (χ0n) is 14.3. The molecule has 0 bridgehead atoms. The third-order valence-corrected chi connectivity index (χ3v) is 4.89. The van der Waals surface area contributed by atoms with Gasteiger partial charge in [-0.25, -0.2) is 14.8 Å². The summed E-state index contributed by atoms with van der Waals surface area (Å²) in [4.78, 5) is 34.7. The van der Waals surface area contributed by atoms with E-state index in [1.165, 1.54) is 0 Å². The van der Waals surface area contributed by atoms with Gasteiger partial charge in [-0.3, -0.25) is 4.79 Å². The van der Waals surface area contributed by atoms with E-state index in [0.717, 1.165) is 5.56 Å². The molecule has 7 N–H and O–H groups in total. The van der Waals surface area contributed by atoms with Gasteiger partial charge in [-0.1, -0.05) is 30.3 Å². The normalized spacial score (nSPS) is 30.3. The van der Waals surface area contributed by atoms with Crippen LogP contribution in [0, 0.1) is 0 Å². The van der Waals surface area contributed by atoms with Crippen molar-refractivity contribution in [2.24, 2.45) is 27.2 Å². The molecule has 4 rings (SSSR count). The van der Waals surface area contributed by atoms with Gasteiger partial charge in [0.25, 0.3) is 0 Å². The summed E-state index contributed by atoms with van der Waals surface area (Å²) in [5.41, 5.74) is 17.2. The lowest BCUT2D eigenvalue weighted by Gasteiger charge is -2.43. The lowest BCUT2D eigenvalue weighted by Crippen LogP contribution is -2.71. The molecule has 1 saturated heterocycles. The van der Waals surface area contributed by atoms with Gasteiger partial charge in [0.2, 0.25) is 11.4 Å². The zero-order valence-corrected chi connectivity index (χ0v) is 14.3. The summed E-state index contributed by atoms with van der Waals surface area (Å²) >= 11 is 0. The molecule has 1 fully saturated rings. The maximum atomic E-state index is 13.4. The van der Waals surface area contributed by atoms with Crippen LogP contribution < -0.4 is 22.5 Å². The highest BCUT2D eigenvalue weighted by Crippen LogP contribution is 2.39. The first-order chi connectivity index (χ1) is 12.9. The quantitative estimate of drug-likeness (QED) is 0.483. The average Bonchev–Trinajstić information content (AvgIpc) is 3.12. The average molecular weight is 369 g/mol. The number of hydrogen-bond acceptors (Lipinski definition) is 9. The Morgan fingerprint density at radius 2 is 2.07 bits per heavy atom. The number of nitrogens with one attached hydrogen (secondary N) is 1. The fourth-order valence-corrected chi connectivity index (χ4v) is 3.79. The molecule has 1 amide bonds. The highest BCUT2D eigenvalue weighted by molar-refractivity contribution is 6.14. The van der Waals surface area contributed by atoms with Crippen molar-refractivity contribution in [2.45, 2.75) is 17.7 Å². The second-order valence-electron chi connectivity index (χ2n) is 6.53. The fourth-order valence-electron chi connectivity index (χ4n) is 3.79. The molecular formula is C17H19N7O3. The molecule has 1 aromatic rings. The summed E-state index contributed by atoms with van der Waals surface area (Å²) in [6.45, 7) is 0.110. The van der Waals surface area contributed by atoms with Crippen molar-refractivity contribution < 1.29 is 14.3 Å². The summed E-state index contributed by atoms with van der Waals surface area (Å²) in [5.74, 6) is 0.0577. The topological polar surface area (TPSA) is 161 Å². The number of primary amides is 1. The summed E-state index contributed by atoms with van der Waals surface area (Å²) in [6, 6.07) is 8.11. The van der Waals surface area contributed by atoms with Gasteiger partial charge < -0.3 is 32.2 Å². The molecule has 0 aromatic heterocycles. The van der Waals surface area contributed by atoms with Crippen LogP contribution in [0.3, 0.4) is 0 Å². The Morgan fingerprint density at radius 1 is 1.33 bits per heavy atom. The van der Waals surface area contributed by atoms with Crippen molar-refractivity contribution in [1.82, 2.24) is 10.2 Å². The van der Waals surface area contributed by atoms with Crippen molar-refractivity contribution in [2.75, 3.05) is 13.2 Å². The van der Waals surface area contributed by atoms with Crippen LogP contribution in [0.25, 0.3) is 6.08 Å². The number of ketones is 1. The highest BCUT2D eigenvalue weighted by atomic mass is 16.5. The van der Waals surface area contributed by atoms with Gasteiger partial charge in [0.15, 0.2) is 11.9 Å². The smallest absolute Gasteiger partial charge is 0.404 e. The summed E-state index contributed by atoms with van der Waals surface area (Å²) in [5, 5.41) is 2.98. The Bertz CT molecular complexity index is 895. The molecule has 3 aliphatic rings. The third-order valence-electron chi connectivity index (χ3n) is 4.89. The highest BCUT2D eigenvalue weighted by Gasteiger charge is 2.64. The predicted octanol–water partition coefficient (Wildman–Crippen LogP) is -1.27. The van der Waals surface area contributed by atoms with Crippen LogP contribution in [0.4, 0.5) is 4.79 Å². The minimum Gasteiger partial charge on any atom is -0.447 e. The van der Waals surface area contributed by atoms with Crippen LogP contribution >= 0.6 is 0 Å². The van der Waals surface area contributed by atoms with Crippen molar-refractivity contribution in [3.63, 3.8) is 0 Å². The van der Waals surface area contributed by atoms with E-state index in [9.17, 15) is 9.59 Å². The maximum Gasteiger partial charge on any atom is 0.404 e.